The van der Waals surface area contributed by atoms with E-state index in [2.05, 4.69) is 25.5 Å². The predicted octanol–water partition coefficient (Wildman–Crippen LogP) is 1.13. The minimum Gasteiger partial charge on any atom is -0.383 e. The van der Waals surface area contributed by atoms with E-state index in [0.29, 0.717) is 5.15 Å². The summed E-state index contributed by atoms with van der Waals surface area (Å²) >= 11 is 6.05. The summed E-state index contributed by atoms with van der Waals surface area (Å²) in [4.78, 5) is 22.0. The van der Waals surface area contributed by atoms with E-state index in [1.54, 1.807) is 14.1 Å². The molecule has 0 aliphatic carbocycles. The van der Waals surface area contributed by atoms with Gasteiger partial charge < -0.3 is 15.5 Å². The molecular weight excluding hydrogens is 266 g/mol. The van der Waals surface area contributed by atoms with Gasteiger partial charge in [-0.2, -0.15) is 0 Å². The smallest absolute Gasteiger partial charge is 0.222 e. The highest BCUT2D eigenvalue weighted by atomic mass is 35.5. The zero-order valence-electron chi connectivity index (χ0n) is 11.1. The Morgan fingerprint density at radius 1 is 1.37 bits per heavy atom. The molecule has 1 aliphatic rings. The predicted molar refractivity (Wildman–Crippen MR) is 75.6 cm³/mol. The van der Waals surface area contributed by atoms with Gasteiger partial charge in [-0.3, -0.25) is 4.79 Å². The summed E-state index contributed by atoms with van der Waals surface area (Å²) in [5.74, 6) is 1.02. The van der Waals surface area contributed by atoms with Crippen LogP contribution in [0.2, 0.25) is 5.15 Å². The molecule has 0 saturated carbocycles. The van der Waals surface area contributed by atoms with Gasteiger partial charge in [-0.15, -0.1) is 0 Å². The molecular formula is C12H18ClN5O. The number of nitrogens with one attached hydrogen (secondary N) is 2. The van der Waals surface area contributed by atoms with Crippen LogP contribution in [0.15, 0.2) is 6.33 Å². The fraction of sp³-hybridized carbons (Fsp3) is 0.583. The van der Waals surface area contributed by atoms with Gasteiger partial charge in [0, 0.05) is 33.1 Å². The highest BCUT2D eigenvalue weighted by Crippen LogP contribution is 2.31. The van der Waals surface area contributed by atoms with Crippen LogP contribution in [0.5, 0.6) is 0 Å². The van der Waals surface area contributed by atoms with Gasteiger partial charge in [-0.25, -0.2) is 9.97 Å². The standard InChI is InChI=1S/C12H18ClN5O/c1-14-9-10(13)16-7-17-11(9)18-5-3-8(4-6-18)12(19)15-2/h7-8,14H,3-6H2,1-2H3,(H,15,19). The Balaban J connectivity index is 2.10. The van der Waals surface area contributed by atoms with Crippen LogP contribution in [0, 0.1) is 5.92 Å². The summed E-state index contributed by atoms with van der Waals surface area (Å²) in [7, 11) is 3.48. The van der Waals surface area contributed by atoms with Crippen LogP contribution in [-0.4, -0.2) is 43.1 Å². The molecule has 0 radical (unpaired) electrons. The number of carbonyl (C=O) groups is 1. The van der Waals surface area contributed by atoms with E-state index in [1.807, 2.05) is 0 Å². The third-order valence-corrected chi connectivity index (χ3v) is 3.73. The fourth-order valence-electron chi connectivity index (χ4n) is 2.37. The molecule has 0 unspecified atom stereocenters. The Labute approximate surface area is 117 Å². The van der Waals surface area contributed by atoms with Gasteiger partial charge in [0.2, 0.25) is 5.91 Å². The molecule has 2 heterocycles. The number of amides is 1. The first-order chi connectivity index (χ1) is 9.17. The average molecular weight is 284 g/mol. The van der Waals surface area contributed by atoms with Crippen molar-refractivity contribution in [1.82, 2.24) is 15.3 Å². The highest BCUT2D eigenvalue weighted by Gasteiger charge is 2.26. The number of rotatable bonds is 3. The quantitative estimate of drug-likeness (QED) is 0.814. The number of hydrogen-bond acceptors (Lipinski definition) is 5. The van der Waals surface area contributed by atoms with E-state index in [-0.39, 0.29) is 11.8 Å². The Morgan fingerprint density at radius 2 is 2.05 bits per heavy atom. The van der Waals surface area contributed by atoms with Gasteiger partial charge >= 0.3 is 0 Å². The number of halogens is 1. The van der Waals surface area contributed by atoms with E-state index >= 15 is 0 Å². The molecule has 1 amide bonds. The molecule has 0 spiro atoms. The number of nitrogens with zero attached hydrogens (tertiary/aromatic N) is 3. The molecule has 1 aliphatic heterocycles. The lowest BCUT2D eigenvalue weighted by Gasteiger charge is -2.32. The van der Waals surface area contributed by atoms with E-state index in [0.717, 1.165) is 37.4 Å². The third-order valence-electron chi connectivity index (χ3n) is 3.44. The number of aromatic nitrogens is 2. The van der Waals surface area contributed by atoms with E-state index in [4.69, 9.17) is 11.6 Å². The van der Waals surface area contributed by atoms with Gasteiger partial charge in [-0.1, -0.05) is 11.6 Å². The second-order valence-electron chi connectivity index (χ2n) is 4.49. The summed E-state index contributed by atoms with van der Waals surface area (Å²) in [5.41, 5.74) is 0.738. The molecule has 0 bridgehead atoms. The van der Waals surface area contributed by atoms with Crippen LogP contribution in [-0.2, 0) is 4.79 Å². The minimum atomic E-state index is 0.0941. The largest absolute Gasteiger partial charge is 0.383 e. The molecule has 0 aromatic carbocycles. The molecule has 0 atom stereocenters. The Kier molecular flexibility index (Phi) is 4.42. The third kappa shape index (κ3) is 2.89. The summed E-state index contributed by atoms with van der Waals surface area (Å²) in [6.07, 6.45) is 3.11. The summed E-state index contributed by atoms with van der Waals surface area (Å²) in [6, 6.07) is 0. The van der Waals surface area contributed by atoms with Crippen molar-refractivity contribution < 1.29 is 4.79 Å². The molecule has 19 heavy (non-hydrogen) atoms. The monoisotopic (exact) mass is 283 g/mol. The SMILES string of the molecule is CNC(=O)C1CCN(c2ncnc(Cl)c2NC)CC1. The van der Waals surface area contributed by atoms with Crippen molar-refractivity contribution in [1.29, 1.82) is 0 Å². The Bertz CT molecular complexity index is 459. The number of piperidine rings is 1. The highest BCUT2D eigenvalue weighted by molar-refractivity contribution is 6.32. The lowest BCUT2D eigenvalue weighted by molar-refractivity contribution is -0.125. The van der Waals surface area contributed by atoms with Crippen molar-refractivity contribution in [2.75, 3.05) is 37.4 Å². The van der Waals surface area contributed by atoms with E-state index < -0.39 is 0 Å². The van der Waals surface area contributed by atoms with Crippen molar-refractivity contribution in [3.63, 3.8) is 0 Å². The molecule has 1 saturated heterocycles. The Morgan fingerprint density at radius 3 is 2.63 bits per heavy atom. The van der Waals surface area contributed by atoms with Gasteiger partial charge in [0.25, 0.3) is 0 Å². The first-order valence-corrected chi connectivity index (χ1v) is 6.70. The molecule has 1 fully saturated rings. The van der Waals surface area contributed by atoms with Gasteiger partial charge in [0.1, 0.15) is 12.0 Å². The second-order valence-corrected chi connectivity index (χ2v) is 4.85. The van der Waals surface area contributed by atoms with Crippen molar-refractivity contribution in [3.8, 4) is 0 Å². The van der Waals surface area contributed by atoms with Crippen LogP contribution < -0.4 is 15.5 Å². The summed E-state index contributed by atoms with van der Waals surface area (Å²) < 4.78 is 0. The first-order valence-electron chi connectivity index (χ1n) is 6.32. The number of carbonyl (C=O) groups excluding carboxylic acids is 1. The Hall–Kier alpha value is -1.56. The van der Waals surface area contributed by atoms with Crippen molar-refractivity contribution in [3.05, 3.63) is 11.5 Å². The lowest BCUT2D eigenvalue weighted by Crippen LogP contribution is -2.40. The lowest BCUT2D eigenvalue weighted by atomic mass is 9.96. The van der Waals surface area contributed by atoms with E-state index in [9.17, 15) is 4.79 Å². The van der Waals surface area contributed by atoms with Crippen LogP contribution >= 0.6 is 11.6 Å². The van der Waals surface area contributed by atoms with Gasteiger partial charge in [0.15, 0.2) is 11.0 Å². The van der Waals surface area contributed by atoms with Crippen LogP contribution in [0.4, 0.5) is 11.5 Å². The van der Waals surface area contributed by atoms with Crippen LogP contribution in [0.25, 0.3) is 0 Å². The van der Waals surface area contributed by atoms with Crippen molar-refractivity contribution in [2.24, 2.45) is 5.92 Å². The maximum atomic E-state index is 11.6. The van der Waals surface area contributed by atoms with Crippen molar-refractivity contribution in [2.45, 2.75) is 12.8 Å². The summed E-state index contributed by atoms with van der Waals surface area (Å²) in [6.45, 7) is 1.58. The topological polar surface area (TPSA) is 70.2 Å². The molecule has 7 heteroatoms. The molecule has 1 aromatic heterocycles. The molecule has 2 rings (SSSR count). The normalized spacial score (nSPS) is 16.3. The van der Waals surface area contributed by atoms with Crippen LogP contribution in [0.3, 0.4) is 0 Å². The molecule has 6 nitrogen and oxygen atoms in total. The first kappa shape index (κ1) is 13.9. The molecule has 1 aromatic rings. The second kappa shape index (κ2) is 6.06. The molecule has 2 N–H and O–H groups in total. The van der Waals surface area contributed by atoms with Crippen molar-refractivity contribution >= 4 is 29.0 Å². The zero-order chi connectivity index (χ0) is 13.8. The maximum Gasteiger partial charge on any atom is 0.222 e. The molecule has 104 valence electrons. The summed E-state index contributed by atoms with van der Waals surface area (Å²) in [5, 5.41) is 6.15. The number of hydrogen-bond donors (Lipinski definition) is 2. The zero-order valence-corrected chi connectivity index (χ0v) is 11.9. The van der Waals surface area contributed by atoms with Gasteiger partial charge in [-0.05, 0) is 12.8 Å². The average Bonchev–Trinajstić information content (AvgIpc) is 2.46. The maximum absolute atomic E-state index is 11.6. The fourth-order valence-corrected chi connectivity index (χ4v) is 2.59. The van der Waals surface area contributed by atoms with E-state index in [1.165, 1.54) is 6.33 Å². The minimum absolute atomic E-state index is 0.0941. The van der Waals surface area contributed by atoms with Crippen LogP contribution in [0.1, 0.15) is 12.8 Å². The van der Waals surface area contributed by atoms with Gasteiger partial charge in [0.05, 0.1) is 0 Å². The number of anilines is 2.